The first-order valence-electron chi connectivity index (χ1n) is 5.32. The molecule has 0 aromatic heterocycles. The van der Waals surface area contributed by atoms with E-state index in [1.165, 1.54) is 0 Å². The largest absolute Gasteiger partial charge is 0.385 e. The third-order valence-corrected chi connectivity index (χ3v) is 3.19. The van der Waals surface area contributed by atoms with Crippen molar-refractivity contribution < 1.29 is 9.90 Å². The standard InChI is InChI=1S/C11H20O2/c1-3-4-7-11(2)8-5-6-9(12)10(11)13/h9,12H,3-8H2,1-2H3/t9?,11-/m1/s1. The van der Waals surface area contributed by atoms with Crippen LogP contribution in [0.1, 0.15) is 52.4 Å². The Kier molecular flexibility index (Phi) is 3.48. The van der Waals surface area contributed by atoms with Gasteiger partial charge in [0.15, 0.2) is 5.78 Å². The number of ketones is 1. The molecule has 0 aromatic carbocycles. The minimum atomic E-state index is -0.685. The van der Waals surface area contributed by atoms with Crippen molar-refractivity contribution in [2.45, 2.75) is 58.5 Å². The predicted molar refractivity (Wildman–Crippen MR) is 52.5 cm³/mol. The van der Waals surface area contributed by atoms with Crippen molar-refractivity contribution in [1.29, 1.82) is 0 Å². The highest BCUT2D eigenvalue weighted by atomic mass is 16.3. The Balaban J connectivity index is 2.58. The first-order valence-corrected chi connectivity index (χ1v) is 5.32. The van der Waals surface area contributed by atoms with Gasteiger partial charge in [-0.15, -0.1) is 0 Å². The number of carbonyl (C=O) groups is 1. The van der Waals surface area contributed by atoms with Gasteiger partial charge in [0.25, 0.3) is 0 Å². The van der Waals surface area contributed by atoms with Crippen LogP contribution in [0, 0.1) is 5.41 Å². The Hall–Kier alpha value is -0.370. The minimum Gasteiger partial charge on any atom is -0.385 e. The Labute approximate surface area is 80.3 Å². The van der Waals surface area contributed by atoms with Gasteiger partial charge >= 0.3 is 0 Å². The minimum absolute atomic E-state index is 0.0761. The van der Waals surface area contributed by atoms with E-state index < -0.39 is 6.10 Å². The predicted octanol–water partition coefficient (Wildman–Crippen LogP) is 2.30. The molecule has 0 radical (unpaired) electrons. The van der Waals surface area contributed by atoms with Crippen molar-refractivity contribution in [3.8, 4) is 0 Å². The maximum absolute atomic E-state index is 11.7. The molecule has 1 fully saturated rings. The summed E-state index contributed by atoms with van der Waals surface area (Å²) in [6, 6.07) is 0. The van der Waals surface area contributed by atoms with E-state index in [-0.39, 0.29) is 11.2 Å². The zero-order valence-electron chi connectivity index (χ0n) is 8.68. The fraction of sp³-hybridized carbons (Fsp3) is 0.909. The van der Waals surface area contributed by atoms with Gasteiger partial charge in [-0.1, -0.05) is 26.7 Å². The lowest BCUT2D eigenvalue weighted by Gasteiger charge is -2.34. The molecular formula is C11H20O2. The second-order valence-electron chi connectivity index (χ2n) is 4.44. The van der Waals surface area contributed by atoms with E-state index >= 15 is 0 Å². The smallest absolute Gasteiger partial charge is 0.167 e. The summed E-state index contributed by atoms with van der Waals surface area (Å²) in [4.78, 5) is 11.7. The lowest BCUT2D eigenvalue weighted by molar-refractivity contribution is -0.141. The maximum atomic E-state index is 11.7. The van der Waals surface area contributed by atoms with E-state index in [0.717, 1.165) is 32.1 Å². The quantitative estimate of drug-likeness (QED) is 0.730. The van der Waals surface area contributed by atoms with Crippen molar-refractivity contribution in [3.63, 3.8) is 0 Å². The lowest BCUT2D eigenvalue weighted by Crippen LogP contribution is -2.40. The van der Waals surface area contributed by atoms with E-state index in [2.05, 4.69) is 6.92 Å². The van der Waals surface area contributed by atoms with Gasteiger partial charge in [-0.2, -0.15) is 0 Å². The van der Waals surface area contributed by atoms with E-state index in [0.29, 0.717) is 6.42 Å². The van der Waals surface area contributed by atoms with E-state index in [1.54, 1.807) is 0 Å². The molecule has 0 spiro atoms. The van der Waals surface area contributed by atoms with Gasteiger partial charge in [-0.3, -0.25) is 4.79 Å². The van der Waals surface area contributed by atoms with Crippen LogP contribution in [0.2, 0.25) is 0 Å². The van der Waals surface area contributed by atoms with Crippen LogP contribution in [0.4, 0.5) is 0 Å². The van der Waals surface area contributed by atoms with Gasteiger partial charge in [0, 0.05) is 5.41 Å². The van der Waals surface area contributed by atoms with Crippen molar-refractivity contribution in [2.24, 2.45) is 5.41 Å². The molecule has 1 unspecified atom stereocenters. The molecule has 1 aliphatic rings. The molecule has 1 aliphatic carbocycles. The summed E-state index contributed by atoms with van der Waals surface area (Å²) in [5.74, 6) is 0.0761. The molecule has 2 heteroatoms. The van der Waals surface area contributed by atoms with E-state index in [1.807, 2.05) is 6.92 Å². The van der Waals surface area contributed by atoms with Crippen LogP contribution in [0.15, 0.2) is 0 Å². The van der Waals surface area contributed by atoms with Crippen LogP contribution < -0.4 is 0 Å². The molecule has 0 saturated heterocycles. The number of hydrogen-bond donors (Lipinski definition) is 1. The average Bonchev–Trinajstić information content (AvgIpc) is 2.11. The van der Waals surface area contributed by atoms with Crippen molar-refractivity contribution in [1.82, 2.24) is 0 Å². The molecule has 2 nitrogen and oxygen atoms in total. The van der Waals surface area contributed by atoms with E-state index in [4.69, 9.17) is 0 Å². The van der Waals surface area contributed by atoms with Crippen molar-refractivity contribution in [3.05, 3.63) is 0 Å². The Morgan fingerprint density at radius 1 is 1.62 bits per heavy atom. The Morgan fingerprint density at radius 3 is 2.92 bits per heavy atom. The first-order chi connectivity index (χ1) is 6.10. The summed E-state index contributed by atoms with van der Waals surface area (Å²) in [7, 11) is 0. The van der Waals surface area contributed by atoms with Crippen LogP contribution in [-0.2, 0) is 4.79 Å². The van der Waals surface area contributed by atoms with Crippen LogP contribution in [0.5, 0.6) is 0 Å². The zero-order valence-corrected chi connectivity index (χ0v) is 8.68. The molecule has 1 saturated carbocycles. The van der Waals surface area contributed by atoms with Gasteiger partial charge in [0.2, 0.25) is 0 Å². The number of hydrogen-bond acceptors (Lipinski definition) is 2. The summed E-state index contributed by atoms with van der Waals surface area (Å²) in [6.07, 6.45) is 5.10. The summed E-state index contributed by atoms with van der Waals surface area (Å²) in [5, 5.41) is 9.46. The third kappa shape index (κ3) is 2.31. The molecule has 1 rings (SSSR count). The topological polar surface area (TPSA) is 37.3 Å². The molecule has 0 heterocycles. The monoisotopic (exact) mass is 184 g/mol. The van der Waals surface area contributed by atoms with Crippen molar-refractivity contribution >= 4 is 5.78 Å². The highest BCUT2D eigenvalue weighted by Crippen LogP contribution is 2.37. The zero-order chi connectivity index (χ0) is 9.90. The molecule has 0 aromatic rings. The summed E-state index contributed by atoms with van der Waals surface area (Å²) < 4.78 is 0. The molecule has 2 atom stereocenters. The van der Waals surface area contributed by atoms with Gasteiger partial charge in [0.05, 0.1) is 0 Å². The van der Waals surface area contributed by atoms with Crippen LogP contribution >= 0.6 is 0 Å². The normalized spacial score (nSPS) is 35.0. The molecule has 13 heavy (non-hydrogen) atoms. The van der Waals surface area contributed by atoms with Gasteiger partial charge < -0.3 is 5.11 Å². The first kappa shape index (κ1) is 10.7. The second-order valence-corrected chi connectivity index (χ2v) is 4.44. The van der Waals surface area contributed by atoms with Crippen LogP contribution in [0.3, 0.4) is 0 Å². The third-order valence-electron chi connectivity index (χ3n) is 3.19. The van der Waals surface area contributed by atoms with Gasteiger partial charge in [-0.25, -0.2) is 0 Å². The number of carbonyl (C=O) groups excluding carboxylic acids is 1. The molecule has 0 aliphatic heterocycles. The molecule has 0 amide bonds. The number of unbranched alkanes of at least 4 members (excludes halogenated alkanes) is 1. The summed E-state index contributed by atoms with van der Waals surface area (Å²) >= 11 is 0. The molecular weight excluding hydrogens is 164 g/mol. The highest BCUT2D eigenvalue weighted by molar-refractivity contribution is 5.88. The molecule has 76 valence electrons. The highest BCUT2D eigenvalue weighted by Gasteiger charge is 2.39. The number of rotatable bonds is 3. The number of aliphatic hydroxyl groups excluding tert-OH is 1. The fourth-order valence-corrected chi connectivity index (χ4v) is 2.16. The SMILES string of the molecule is CCCC[C@]1(C)CCCC(O)C1=O. The van der Waals surface area contributed by atoms with Crippen molar-refractivity contribution in [2.75, 3.05) is 0 Å². The van der Waals surface area contributed by atoms with Crippen LogP contribution in [-0.4, -0.2) is 17.0 Å². The van der Waals surface area contributed by atoms with E-state index in [9.17, 15) is 9.90 Å². The lowest BCUT2D eigenvalue weighted by atomic mass is 9.70. The van der Waals surface area contributed by atoms with Crippen LogP contribution in [0.25, 0.3) is 0 Å². The molecule has 1 N–H and O–H groups in total. The van der Waals surface area contributed by atoms with Gasteiger partial charge in [0.1, 0.15) is 6.10 Å². The number of Topliss-reactive ketones (excluding diaryl/α,β-unsaturated/α-hetero) is 1. The van der Waals surface area contributed by atoms with Gasteiger partial charge in [-0.05, 0) is 25.7 Å². The summed E-state index contributed by atoms with van der Waals surface area (Å²) in [6.45, 7) is 4.14. The maximum Gasteiger partial charge on any atom is 0.167 e. The number of aliphatic hydroxyl groups is 1. The second kappa shape index (κ2) is 4.23. The Bertz CT molecular complexity index is 189. The Morgan fingerprint density at radius 2 is 2.31 bits per heavy atom. The molecule has 0 bridgehead atoms. The fourth-order valence-electron chi connectivity index (χ4n) is 2.16. The summed E-state index contributed by atoms with van der Waals surface area (Å²) in [5.41, 5.74) is -0.228. The average molecular weight is 184 g/mol.